The molecule has 0 aromatic heterocycles. The highest BCUT2D eigenvalue weighted by Gasteiger charge is 2.31. The molecule has 0 aliphatic heterocycles. The number of amides is 3. The zero-order chi connectivity index (χ0) is 31.3. The summed E-state index contributed by atoms with van der Waals surface area (Å²) in [7, 11) is 0. The monoisotopic (exact) mass is 582 g/mol. The quantitative estimate of drug-likeness (QED) is 0.188. The molecule has 2 rings (SSSR count). The molecule has 42 heavy (non-hydrogen) atoms. The minimum Gasteiger partial charge on any atom is -0.508 e. The summed E-state index contributed by atoms with van der Waals surface area (Å²) in [5.41, 5.74) is 0.963. The number of oxime groups is 1. The second kappa shape index (κ2) is 16.4. The van der Waals surface area contributed by atoms with Crippen molar-refractivity contribution in [3.05, 3.63) is 65.7 Å². The normalized spacial score (nSPS) is 14.5. The highest BCUT2D eigenvalue weighted by molar-refractivity contribution is 5.92. The molecule has 0 fully saturated rings. The van der Waals surface area contributed by atoms with Crippen LogP contribution in [0.2, 0.25) is 0 Å². The van der Waals surface area contributed by atoms with Gasteiger partial charge in [0.1, 0.15) is 30.0 Å². The fourth-order valence-corrected chi connectivity index (χ4v) is 3.95. The van der Waals surface area contributed by atoms with E-state index in [2.05, 4.69) is 21.1 Å². The van der Waals surface area contributed by atoms with Crippen molar-refractivity contribution >= 4 is 24.1 Å². The number of nitrogens with one attached hydrogen (secondary N) is 3. The maximum atomic E-state index is 13.6. The number of rotatable bonds is 14. The SMILES string of the molecule is CC[C@H](C)[C@@H](C=NOCc1ccccc1)NC(=O)[C@H](Cc1ccc(O)cc1)NC(=O)[C@@H](NC(=O)OC(C)(C)C)C(C)C. The van der Waals surface area contributed by atoms with Gasteiger partial charge in [-0.1, -0.05) is 81.7 Å². The van der Waals surface area contributed by atoms with E-state index in [0.29, 0.717) is 6.61 Å². The first kappa shape index (κ1) is 34.1. The van der Waals surface area contributed by atoms with Gasteiger partial charge < -0.3 is 30.6 Å². The lowest BCUT2D eigenvalue weighted by Gasteiger charge is -2.28. The summed E-state index contributed by atoms with van der Waals surface area (Å²) >= 11 is 0. The number of carbonyl (C=O) groups excluding carboxylic acids is 3. The van der Waals surface area contributed by atoms with Crippen LogP contribution >= 0.6 is 0 Å². The van der Waals surface area contributed by atoms with E-state index in [9.17, 15) is 19.5 Å². The molecular weight excluding hydrogens is 536 g/mol. The largest absolute Gasteiger partial charge is 0.508 e. The summed E-state index contributed by atoms with van der Waals surface area (Å²) in [6, 6.07) is 13.7. The summed E-state index contributed by atoms with van der Waals surface area (Å²) in [6.07, 6.45) is 1.76. The minimum absolute atomic E-state index is 0.0281. The number of nitrogens with zero attached hydrogens (tertiary/aromatic N) is 1. The highest BCUT2D eigenvalue weighted by Crippen LogP contribution is 2.14. The van der Waals surface area contributed by atoms with E-state index in [-0.39, 0.29) is 24.0 Å². The van der Waals surface area contributed by atoms with Gasteiger partial charge in [0.25, 0.3) is 0 Å². The molecule has 0 heterocycles. The molecule has 0 unspecified atom stereocenters. The third-order valence-electron chi connectivity index (χ3n) is 6.57. The van der Waals surface area contributed by atoms with Crippen LogP contribution in [-0.4, -0.2) is 53.0 Å². The molecule has 0 radical (unpaired) electrons. The van der Waals surface area contributed by atoms with Crippen LogP contribution in [0.25, 0.3) is 0 Å². The first-order valence-corrected chi connectivity index (χ1v) is 14.4. The number of aromatic hydroxyl groups is 1. The summed E-state index contributed by atoms with van der Waals surface area (Å²) in [6.45, 7) is 13.1. The van der Waals surface area contributed by atoms with Crippen molar-refractivity contribution in [2.75, 3.05) is 0 Å². The van der Waals surface area contributed by atoms with Gasteiger partial charge >= 0.3 is 6.09 Å². The Labute approximate surface area is 249 Å². The number of ether oxygens (including phenoxy) is 1. The zero-order valence-corrected chi connectivity index (χ0v) is 25.7. The average molecular weight is 583 g/mol. The number of hydrogen-bond donors (Lipinski definition) is 4. The van der Waals surface area contributed by atoms with Crippen molar-refractivity contribution < 1.29 is 29.1 Å². The third kappa shape index (κ3) is 12.2. The molecular formula is C32H46N4O6. The van der Waals surface area contributed by atoms with E-state index in [4.69, 9.17) is 9.57 Å². The standard InChI is InChI=1S/C32H46N4O6/c1-8-22(4)27(19-33-41-20-24-12-10-9-11-13-24)35-29(38)26(18-23-14-16-25(37)17-15-23)34-30(39)28(21(2)3)36-31(40)42-32(5,6)7/h9-17,19,21-22,26-28,37H,8,18,20H2,1-7H3,(H,34,39)(H,35,38)(H,36,40)/t22-,26-,27+,28-/m0/s1. The van der Waals surface area contributed by atoms with E-state index >= 15 is 0 Å². The van der Waals surface area contributed by atoms with Gasteiger partial charge in [-0.2, -0.15) is 0 Å². The van der Waals surface area contributed by atoms with Crippen molar-refractivity contribution in [3.63, 3.8) is 0 Å². The first-order chi connectivity index (χ1) is 19.8. The second-order valence-electron chi connectivity index (χ2n) is 11.7. The first-order valence-electron chi connectivity index (χ1n) is 14.4. The fourth-order valence-electron chi connectivity index (χ4n) is 3.95. The Kier molecular flexibility index (Phi) is 13.3. The number of hydrogen-bond acceptors (Lipinski definition) is 7. The van der Waals surface area contributed by atoms with E-state index in [0.717, 1.165) is 17.5 Å². The predicted octanol–water partition coefficient (Wildman–Crippen LogP) is 4.70. The number of alkyl carbamates (subject to hydrolysis) is 1. The van der Waals surface area contributed by atoms with Gasteiger partial charge in [-0.3, -0.25) is 9.59 Å². The molecule has 4 atom stereocenters. The smallest absolute Gasteiger partial charge is 0.408 e. The van der Waals surface area contributed by atoms with E-state index in [1.165, 1.54) is 12.1 Å². The van der Waals surface area contributed by atoms with Crippen molar-refractivity contribution in [3.8, 4) is 5.75 Å². The molecule has 0 bridgehead atoms. The lowest BCUT2D eigenvalue weighted by Crippen LogP contribution is -2.57. The Hall–Kier alpha value is -4.08. The van der Waals surface area contributed by atoms with Gasteiger partial charge in [0.2, 0.25) is 11.8 Å². The Balaban J connectivity index is 2.21. The number of phenolic OH excluding ortho intramolecular Hbond substituents is 1. The molecule has 0 saturated heterocycles. The molecule has 2 aromatic rings. The van der Waals surface area contributed by atoms with Crippen LogP contribution in [0.5, 0.6) is 5.75 Å². The van der Waals surface area contributed by atoms with Gasteiger partial charge in [0.05, 0.1) is 12.3 Å². The number of benzene rings is 2. The van der Waals surface area contributed by atoms with Crippen LogP contribution in [0.3, 0.4) is 0 Å². The average Bonchev–Trinajstić information content (AvgIpc) is 2.93. The van der Waals surface area contributed by atoms with Crippen molar-refractivity contribution in [2.45, 2.75) is 91.6 Å². The van der Waals surface area contributed by atoms with Gasteiger partial charge in [0, 0.05) is 6.42 Å². The van der Waals surface area contributed by atoms with Gasteiger partial charge in [0.15, 0.2) is 0 Å². The Morgan fingerprint density at radius 3 is 2.12 bits per heavy atom. The van der Waals surface area contributed by atoms with Gasteiger partial charge in [-0.25, -0.2) is 4.79 Å². The molecule has 3 amide bonds. The maximum absolute atomic E-state index is 13.6. The number of phenols is 1. The van der Waals surface area contributed by atoms with E-state index < -0.39 is 41.6 Å². The topological polar surface area (TPSA) is 138 Å². The summed E-state index contributed by atoms with van der Waals surface area (Å²) in [5, 5.41) is 22.2. The molecule has 10 heteroatoms. The molecule has 230 valence electrons. The van der Waals surface area contributed by atoms with Crippen molar-refractivity contribution in [1.29, 1.82) is 0 Å². The number of carbonyl (C=O) groups is 3. The molecule has 0 aliphatic rings. The van der Waals surface area contributed by atoms with Crippen LogP contribution in [0.1, 0.15) is 66.0 Å². The molecule has 2 aromatic carbocycles. The molecule has 0 aliphatic carbocycles. The zero-order valence-electron chi connectivity index (χ0n) is 25.7. The highest BCUT2D eigenvalue weighted by atomic mass is 16.6. The fraction of sp³-hybridized carbons (Fsp3) is 0.500. The third-order valence-corrected chi connectivity index (χ3v) is 6.57. The van der Waals surface area contributed by atoms with Crippen molar-refractivity contribution in [2.24, 2.45) is 17.0 Å². The molecule has 4 N–H and O–H groups in total. The van der Waals surface area contributed by atoms with Crippen molar-refractivity contribution in [1.82, 2.24) is 16.0 Å². The lowest BCUT2D eigenvalue weighted by molar-refractivity contribution is -0.130. The molecule has 0 spiro atoms. The Bertz CT molecular complexity index is 1160. The van der Waals surface area contributed by atoms with E-state index in [1.807, 2.05) is 44.2 Å². The van der Waals surface area contributed by atoms with Crippen LogP contribution in [0.15, 0.2) is 59.8 Å². The Morgan fingerprint density at radius 1 is 0.905 bits per heavy atom. The van der Waals surface area contributed by atoms with Gasteiger partial charge in [-0.05, 0) is 55.9 Å². The maximum Gasteiger partial charge on any atom is 0.408 e. The Morgan fingerprint density at radius 2 is 1.55 bits per heavy atom. The summed E-state index contributed by atoms with van der Waals surface area (Å²) in [5.74, 6) is -1.10. The van der Waals surface area contributed by atoms with Crippen LogP contribution < -0.4 is 16.0 Å². The predicted molar refractivity (Wildman–Crippen MR) is 163 cm³/mol. The second-order valence-corrected chi connectivity index (χ2v) is 11.7. The van der Waals surface area contributed by atoms with Crippen LogP contribution in [0, 0.1) is 11.8 Å². The summed E-state index contributed by atoms with van der Waals surface area (Å²) < 4.78 is 5.33. The molecule has 10 nitrogen and oxygen atoms in total. The van der Waals surface area contributed by atoms with E-state index in [1.54, 1.807) is 53.0 Å². The minimum atomic E-state index is -0.978. The van der Waals surface area contributed by atoms with Crippen LogP contribution in [0.4, 0.5) is 4.79 Å². The van der Waals surface area contributed by atoms with Crippen LogP contribution in [-0.2, 0) is 32.2 Å². The molecule has 0 saturated carbocycles. The van der Waals surface area contributed by atoms with Gasteiger partial charge in [-0.15, -0.1) is 0 Å². The summed E-state index contributed by atoms with van der Waals surface area (Å²) in [4.78, 5) is 45.0. The lowest BCUT2D eigenvalue weighted by atomic mass is 9.98.